The topological polar surface area (TPSA) is 67.3 Å². The number of hydrogen-bond donors (Lipinski definition) is 2. The number of phenolic OH excluding ortho intramolecular Hbond substituents is 1. The van der Waals surface area contributed by atoms with E-state index in [0.717, 1.165) is 46.4 Å². The third-order valence-corrected chi connectivity index (χ3v) is 5.45. The van der Waals surface area contributed by atoms with Gasteiger partial charge in [0.25, 0.3) is 0 Å². The van der Waals surface area contributed by atoms with Gasteiger partial charge in [-0.25, -0.2) is 9.97 Å². The van der Waals surface area contributed by atoms with Gasteiger partial charge in [0.1, 0.15) is 17.3 Å². The van der Waals surface area contributed by atoms with Gasteiger partial charge in [0.15, 0.2) is 5.82 Å². The van der Waals surface area contributed by atoms with Gasteiger partial charge in [0, 0.05) is 10.9 Å². The standard InChI is InChI=1S/C24H21N3O2/c1-29-18-6-4-5-16(13-18)23-25-21-8-3-2-7-19(21)24(27-23)26-22-12-10-15-9-11-17(28)14-20(15)22/h2-9,11,13-14,22,28H,10,12H2,1H3,(H,25,26,27). The van der Waals surface area contributed by atoms with Crippen LogP contribution in [0.25, 0.3) is 22.3 Å². The SMILES string of the molecule is COc1cccc(-c2nc(NC3CCc4ccc(O)cc43)c3ccccc3n2)c1. The fourth-order valence-electron chi connectivity index (χ4n) is 3.98. The van der Waals surface area contributed by atoms with Gasteiger partial charge >= 0.3 is 0 Å². The average molecular weight is 383 g/mol. The van der Waals surface area contributed by atoms with Crippen molar-refractivity contribution in [1.29, 1.82) is 0 Å². The summed E-state index contributed by atoms with van der Waals surface area (Å²) in [5.74, 6) is 2.52. The zero-order valence-electron chi connectivity index (χ0n) is 16.1. The first-order chi connectivity index (χ1) is 14.2. The molecule has 144 valence electrons. The number of aryl methyl sites for hydroxylation is 1. The summed E-state index contributed by atoms with van der Waals surface area (Å²) in [6.45, 7) is 0. The molecule has 0 bridgehead atoms. The molecule has 3 aromatic carbocycles. The molecule has 1 atom stereocenters. The second-order valence-electron chi connectivity index (χ2n) is 7.26. The molecule has 0 amide bonds. The largest absolute Gasteiger partial charge is 0.508 e. The Morgan fingerprint density at radius 2 is 1.90 bits per heavy atom. The Kier molecular flexibility index (Phi) is 4.28. The molecule has 0 spiro atoms. The second kappa shape index (κ2) is 7.09. The summed E-state index contributed by atoms with van der Waals surface area (Å²) in [7, 11) is 1.65. The first kappa shape index (κ1) is 17.5. The molecule has 0 fully saturated rings. The van der Waals surface area contributed by atoms with Gasteiger partial charge in [0.2, 0.25) is 0 Å². The number of aromatic nitrogens is 2. The van der Waals surface area contributed by atoms with Crippen molar-refractivity contribution in [2.24, 2.45) is 0 Å². The Bertz CT molecular complexity index is 1210. The maximum atomic E-state index is 9.93. The van der Waals surface area contributed by atoms with Crippen molar-refractivity contribution in [2.45, 2.75) is 18.9 Å². The van der Waals surface area contributed by atoms with Crippen LogP contribution in [-0.4, -0.2) is 22.2 Å². The minimum absolute atomic E-state index is 0.105. The Morgan fingerprint density at radius 3 is 2.79 bits per heavy atom. The molecule has 5 rings (SSSR count). The third-order valence-electron chi connectivity index (χ3n) is 5.45. The molecule has 0 saturated heterocycles. The molecule has 1 heterocycles. The third kappa shape index (κ3) is 3.25. The summed E-state index contributed by atoms with van der Waals surface area (Å²) in [5, 5.41) is 14.5. The number of hydrogen-bond acceptors (Lipinski definition) is 5. The first-order valence-corrected chi connectivity index (χ1v) is 9.71. The van der Waals surface area contributed by atoms with E-state index in [2.05, 4.69) is 5.32 Å². The molecule has 0 saturated carbocycles. The highest BCUT2D eigenvalue weighted by molar-refractivity contribution is 5.90. The van der Waals surface area contributed by atoms with Crippen molar-refractivity contribution in [3.8, 4) is 22.9 Å². The number of rotatable bonds is 4. The van der Waals surface area contributed by atoms with Crippen LogP contribution >= 0.6 is 0 Å². The van der Waals surface area contributed by atoms with E-state index in [1.54, 1.807) is 13.2 Å². The smallest absolute Gasteiger partial charge is 0.162 e. The van der Waals surface area contributed by atoms with Crippen LogP contribution in [0.4, 0.5) is 5.82 Å². The predicted octanol–water partition coefficient (Wildman–Crippen LogP) is 5.11. The minimum atomic E-state index is 0.105. The fourth-order valence-corrected chi connectivity index (χ4v) is 3.98. The number of para-hydroxylation sites is 1. The van der Waals surface area contributed by atoms with Crippen molar-refractivity contribution in [2.75, 3.05) is 12.4 Å². The number of phenols is 1. The molecule has 1 unspecified atom stereocenters. The molecule has 1 aliphatic rings. The number of methoxy groups -OCH3 is 1. The molecule has 5 heteroatoms. The number of aromatic hydroxyl groups is 1. The van der Waals surface area contributed by atoms with E-state index in [9.17, 15) is 5.11 Å². The van der Waals surface area contributed by atoms with Crippen LogP contribution in [0.2, 0.25) is 0 Å². The van der Waals surface area contributed by atoms with E-state index in [-0.39, 0.29) is 6.04 Å². The summed E-state index contributed by atoms with van der Waals surface area (Å²) in [5.41, 5.74) is 4.20. The monoisotopic (exact) mass is 383 g/mol. The van der Waals surface area contributed by atoms with Crippen molar-refractivity contribution >= 4 is 16.7 Å². The van der Waals surface area contributed by atoms with Gasteiger partial charge in [0.05, 0.1) is 18.7 Å². The lowest BCUT2D eigenvalue weighted by Crippen LogP contribution is -2.10. The van der Waals surface area contributed by atoms with E-state index < -0.39 is 0 Å². The molecule has 0 radical (unpaired) electrons. The molecular formula is C24H21N3O2. The quantitative estimate of drug-likeness (QED) is 0.513. The molecule has 5 nitrogen and oxygen atoms in total. The maximum Gasteiger partial charge on any atom is 0.162 e. The molecule has 1 aromatic heterocycles. The highest BCUT2D eigenvalue weighted by atomic mass is 16.5. The van der Waals surface area contributed by atoms with Crippen LogP contribution in [0.5, 0.6) is 11.5 Å². The summed E-state index contributed by atoms with van der Waals surface area (Å²) in [6.07, 6.45) is 1.95. The van der Waals surface area contributed by atoms with Crippen LogP contribution in [0.1, 0.15) is 23.6 Å². The zero-order valence-corrected chi connectivity index (χ0v) is 16.1. The van der Waals surface area contributed by atoms with Crippen molar-refractivity contribution in [3.05, 3.63) is 77.9 Å². The van der Waals surface area contributed by atoms with Crippen LogP contribution in [0.3, 0.4) is 0 Å². The van der Waals surface area contributed by atoms with Gasteiger partial charge in [-0.3, -0.25) is 0 Å². The van der Waals surface area contributed by atoms with Gasteiger partial charge in [-0.1, -0.05) is 30.3 Å². The van der Waals surface area contributed by atoms with Crippen molar-refractivity contribution in [1.82, 2.24) is 9.97 Å². The Balaban J connectivity index is 1.59. The molecule has 29 heavy (non-hydrogen) atoms. The van der Waals surface area contributed by atoms with Crippen LogP contribution < -0.4 is 10.1 Å². The molecule has 4 aromatic rings. The molecule has 2 N–H and O–H groups in total. The van der Waals surface area contributed by atoms with Gasteiger partial charge in [-0.05, 0) is 60.4 Å². The zero-order chi connectivity index (χ0) is 19.8. The molecule has 0 aliphatic heterocycles. The van der Waals surface area contributed by atoms with Gasteiger partial charge < -0.3 is 15.2 Å². The lowest BCUT2D eigenvalue weighted by atomic mass is 10.1. The lowest BCUT2D eigenvalue weighted by Gasteiger charge is -2.17. The van der Waals surface area contributed by atoms with E-state index in [1.165, 1.54) is 5.56 Å². The lowest BCUT2D eigenvalue weighted by molar-refractivity contribution is 0.415. The van der Waals surface area contributed by atoms with E-state index in [4.69, 9.17) is 14.7 Å². The number of fused-ring (bicyclic) bond motifs is 2. The number of nitrogens with zero attached hydrogens (tertiary/aromatic N) is 2. The predicted molar refractivity (Wildman–Crippen MR) is 114 cm³/mol. The number of benzene rings is 3. The van der Waals surface area contributed by atoms with E-state index in [1.807, 2.05) is 60.7 Å². The van der Waals surface area contributed by atoms with Gasteiger partial charge in [-0.2, -0.15) is 0 Å². The highest BCUT2D eigenvalue weighted by Gasteiger charge is 2.24. The Labute approximate surface area is 169 Å². The van der Waals surface area contributed by atoms with Crippen LogP contribution in [-0.2, 0) is 6.42 Å². The number of nitrogens with one attached hydrogen (secondary N) is 1. The van der Waals surface area contributed by atoms with Crippen molar-refractivity contribution in [3.63, 3.8) is 0 Å². The maximum absolute atomic E-state index is 9.93. The number of anilines is 1. The Hall–Kier alpha value is -3.60. The van der Waals surface area contributed by atoms with E-state index >= 15 is 0 Å². The van der Waals surface area contributed by atoms with Crippen molar-refractivity contribution < 1.29 is 9.84 Å². The number of ether oxygens (including phenoxy) is 1. The van der Waals surface area contributed by atoms with Crippen LogP contribution in [0, 0.1) is 0 Å². The fraction of sp³-hybridized carbons (Fsp3) is 0.167. The summed E-state index contributed by atoms with van der Waals surface area (Å²) >= 11 is 0. The van der Waals surface area contributed by atoms with Gasteiger partial charge in [-0.15, -0.1) is 0 Å². The normalized spacial score (nSPS) is 15.3. The second-order valence-corrected chi connectivity index (χ2v) is 7.26. The first-order valence-electron chi connectivity index (χ1n) is 9.71. The molecular weight excluding hydrogens is 362 g/mol. The summed E-state index contributed by atoms with van der Waals surface area (Å²) in [6, 6.07) is 21.5. The highest BCUT2D eigenvalue weighted by Crippen LogP contribution is 2.37. The average Bonchev–Trinajstić information content (AvgIpc) is 3.15. The summed E-state index contributed by atoms with van der Waals surface area (Å²) < 4.78 is 5.36. The Morgan fingerprint density at radius 1 is 1.00 bits per heavy atom. The summed E-state index contributed by atoms with van der Waals surface area (Å²) in [4.78, 5) is 9.63. The van der Waals surface area contributed by atoms with E-state index in [0.29, 0.717) is 11.6 Å². The molecule has 1 aliphatic carbocycles. The van der Waals surface area contributed by atoms with Crippen LogP contribution in [0.15, 0.2) is 66.7 Å². The minimum Gasteiger partial charge on any atom is -0.508 e.